The van der Waals surface area contributed by atoms with Crippen molar-refractivity contribution < 1.29 is 4.79 Å². The summed E-state index contributed by atoms with van der Waals surface area (Å²) in [6.45, 7) is 0. The molecular weight excluding hydrogens is 308 g/mol. The lowest BCUT2D eigenvalue weighted by molar-refractivity contribution is 0.102. The van der Waals surface area contributed by atoms with Crippen LogP contribution in [0.3, 0.4) is 0 Å². The van der Waals surface area contributed by atoms with Gasteiger partial charge in [-0.1, -0.05) is 66.7 Å². The predicted molar refractivity (Wildman–Crippen MR) is 102 cm³/mol. The average molecular weight is 324 g/mol. The molecule has 4 aromatic rings. The molecule has 0 aliphatic carbocycles. The Labute approximate surface area is 146 Å². The summed E-state index contributed by atoms with van der Waals surface area (Å²) in [7, 11) is 0. The molecule has 0 fully saturated rings. The van der Waals surface area contributed by atoms with E-state index in [0.717, 1.165) is 22.0 Å². The van der Waals surface area contributed by atoms with Gasteiger partial charge in [0.25, 0.3) is 5.91 Å². The molecule has 1 amide bonds. The summed E-state index contributed by atoms with van der Waals surface area (Å²) in [4.78, 5) is 17.3. The van der Waals surface area contributed by atoms with Crippen LogP contribution in [0, 0.1) is 0 Å². The number of nitrogens with zero attached hydrogens (tertiary/aromatic N) is 1. The van der Waals surface area contributed by atoms with Crippen LogP contribution in [0.1, 0.15) is 10.4 Å². The maximum absolute atomic E-state index is 12.9. The number of para-hydroxylation sites is 1. The molecule has 0 saturated carbocycles. The molecule has 1 aromatic heterocycles. The second kappa shape index (κ2) is 6.57. The molecule has 120 valence electrons. The second-order valence-corrected chi connectivity index (χ2v) is 5.75. The number of hydrogen-bond acceptors (Lipinski definition) is 2. The fourth-order valence-electron chi connectivity index (χ4n) is 2.95. The van der Waals surface area contributed by atoms with E-state index in [0.29, 0.717) is 11.3 Å². The molecule has 3 nitrogen and oxygen atoms in total. The van der Waals surface area contributed by atoms with Gasteiger partial charge in [-0.25, -0.2) is 0 Å². The van der Waals surface area contributed by atoms with Gasteiger partial charge in [-0.2, -0.15) is 0 Å². The van der Waals surface area contributed by atoms with Crippen LogP contribution >= 0.6 is 0 Å². The molecule has 1 N–H and O–H groups in total. The number of nitrogens with one attached hydrogen (secondary N) is 1. The van der Waals surface area contributed by atoms with Crippen molar-refractivity contribution in [2.45, 2.75) is 0 Å². The van der Waals surface area contributed by atoms with Crippen LogP contribution in [0.2, 0.25) is 0 Å². The van der Waals surface area contributed by atoms with Crippen LogP contribution < -0.4 is 5.32 Å². The number of anilines is 1. The van der Waals surface area contributed by atoms with E-state index in [1.165, 1.54) is 0 Å². The van der Waals surface area contributed by atoms with Gasteiger partial charge < -0.3 is 5.32 Å². The Hall–Kier alpha value is -3.46. The van der Waals surface area contributed by atoms with Gasteiger partial charge in [-0.05, 0) is 29.3 Å². The van der Waals surface area contributed by atoms with Gasteiger partial charge >= 0.3 is 0 Å². The van der Waals surface area contributed by atoms with Crippen LogP contribution in [-0.2, 0) is 0 Å². The molecular formula is C22H16N2O. The minimum Gasteiger partial charge on any atom is -0.320 e. The van der Waals surface area contributed by atoms with E-state index in [4.69, 9.17) is 0 Å². The summed E-state index contributed by atoms with van der Waals surface area (Å²) in [6.07, 6.45) is 1.73. The normalized spacial score (nSPS) is 10.6. The minimum absolute atomic E-state index is 0.141. The molecule has 0 spiro atoms. The van der Waals surface area contributed by atoms with Crippen molar-refractivity contribution in [1.82, 2.24) is 4.98 Å². The Morgan fingerprint density at radius 3 is 2.40 bits per heavy atom. The first-order chi connectivity index (χ1) is 12.3. The third-order valence-corrected chi connectivity index (χ3v) is 4.14. The summed E-state index contributed by atoms with van der Waals surface area (Å²) < 4.78 is 0. The molecule has 3 aromatic carbocycles. The van der Waals surface area contributed by atoms with Gasteiger partial charge in [0.2, 0.25) is 0 Å². The van der Waals surface area contributed by atoms with Gasteiger partial charge in [0.05, 0.1) is 11.2 Å². The van der Waals surface area contributed by atoms with Crippen molar-refractivity contribution in [2.75, 3.05) is 5.32 Å². The van der Waals surface area contributed by atoms with Gasteiger partial charge in [0.15, 0.2) is 0 Å². The zero-order valence-corrected chi connectivity index (χ0v) is 13.5. The first-order valence-electron chi connectivity index (χ1n) is 8.12. The van der Waals surface area contributed by atoms with Gasteiger partial charge in [-0.3, -0.25) is 9.78 Å². The second-order valence-electron chi connectivity index (χ2n) is 5.75. The number of aromatic nitrogens is 1. The van der Waals surface area contributed by atoms with Crippen LogP contribution in [-0.4, -0.2) is 10.9 Å². The standard InChI is InChI=1S/C22H16N2O/c25-22(24-20-14-6-10-17-11-7-15-23-21(17)20)19-13-5-4-12-18(19)16-8-2-1-3-9-16/h1-15H,(H,24,25). The highest BCUT2D eigenvalue weighted by atomic mass is 16.1. The van der Waals surface area contributed by atoms with E-state index in [2.05, 4.69) is 10.3 Å². The Kier molecular flexibility index (Phi) is 3.97. The Morgan fingerprint density at radius 2 is 1.52 bits per heavy atom. The van der Waals surface area contributed by atoms with Crippen molar-refractivity contribution >= 4 is 22.5 Å². The number of benzene rings is 3. The molecule has 1 heterocycles. The van der Waals surface area contributed by atoms with Gasteiger partial charge in [0.1, 0.15) is 0 Å². The molecule has 25 heavy (non-hydrogen) atoms. The van der Waals surface area contributed by atoms with Crippen LogP contribution in [0.5, 0.6) is 0 Å². The third kappa shape index (κ3) is 3.00. The van der Waals surface area contributed by atoms with Crippen LogP contribution in [0.4, 0.5) is 5.69 Å². The Morgan fingerprint density at radius 1 is 0.760 bits per heavy atom. The van der Waals surface area contributed by atoms with E-state index in [1.54, 1.807) is 6.20 Å². The first-order valence-corrected chi connectivity index (χ1v) is 8.12. The van der Waals surface area contributed by atoms with Crippen molar-refractivity contribution in [1.29, 1.82) is 0 Å². The molecule has 0 radical (unpaired) electrons. The summed E-state index contributed by atoms with van der Waals surface area (Å²) in [5, 5.41) is 4.01. The summed E-state index contributed by atoms with van der Waals surface area (Å²) >= 11 is 0. The molecule has 0 bridgehead atoms. The van der Waals surface area contributed by atoms with E-state index in [1.807, 2.05) is 84.9 Å². The molecule has 0 atom stereocenters. The van der Waals surface area contributed by atoms with Crippen molar-refractivity contribution in [3.63, 3.8) is 0 Å². The number of carbonyl (C=O) groups is 1. The van der Waals surface area contributed by atoms with Crippen LogP contribution in [0.25, 0.3) is 22.0 Å². The number of pyridine rings is 1. The van der Waals surface area contributed by atoms with Crippen molar-refractivity contribution in [3.05, 3.63) is 96.7 Å². The number of hydrogen-bond donors (Lipinski definition) is 1. The van der Waals surface area contributed by atoms with Crippen molar-refractivity contribution in [2.24, 2.45) is 0 Å². The van der Waals surface area contributed by atoms with E-state index in [9.17, 15) is 4.79 Å². The van der Waals surface area contributed by atoms with Crippen LogP contribution in [0.15, 0.2) is 91.1 Å². The minimum atomic E-state index is -0.141. The molecule has 4 rings (SSSR count). The van der Waals surface area contributed by atoms with Crippen molar-refractivity contribution in [3.8, 4) is 11.1 Å². The highest BCUT2D eigenvalue weighted by Crippen LogP contribution is 2.26. The van der Waals surface area contributed by atoms with Gasteiger partial charge in [0, 0.05) is 17.1 Å². The summed E-state index contributed by atoms with van der Waals surface area (Å²) in [5.41, 5.74) is 4.07. The Balaban J connectivity index is 1.73. The first kappa shape index (κ1) is 15.1. The molecule has 0 unspecified atom stereocenters. The lowest BCUT2D eigenvalue weighted by atomic mass is 9.99. The number of amides is 1. The molecule has 0 aliphatic rings. The SMILES string of the molecule is O=C(Nc1cccc2cccnc12)c1ccccc1-c1ccccc1. The maximum atomic E-state index is 12.9. The number of carbonyl (C=O) groups excluding carboxylic acids is 1. The molecule has 0 saturated heterocycles. The van der Waals surface area contributed by atoms with Gasteiger partial charge in [-0.15, -0.1) is 0 Å². The lowest BCUT2D eigenvalue weighted by Gasteiger charge is -2.11. The number of fused-ring (bicyclic) bond motifs is 1. The topological polar surface area (TPSA) is 42.0 Å². The number of rotatable bonds is 3. The van der Waals surface area contributed by atoms with E-state index in [-0.39, 0.29) is 5.91 Å². The largest absolute Gasteiger partial charge is 0.320 e. The quantitative estimate of drug-likeness (QED) is 0.566. The third-order valence-electron chi connectivity index (χ3n) is 4.14. The highest BCUT2D eigenvalue weighted by Gasteiger charge is 2.13. The predicted octanol–water partition coefficient (Wildman–Crippen LogP) is 5.15. The molecule has 0 aliphatic heterocycles. The summed E-state index contributed by atoms with van der Waals surface area (Å²) in [6, 6.07) is 27.2. The fraction of sp³-hybridized carbons (Fsp3) is 0. The monoisotopic (exact) mass is 324 g/mol. The maximum Gasteiger partial charge on any atom is 0.256 e. The zero-order chi connectivity index (χ0) is 17.1. The zero-order valence-electron chi connectivity index (χ0n) is 13.5. The summed E-state index contributed by atoms with van der Waals surface area (Å²) in [5.74, 6) is -0.141. The van der Waals surface area contributed by atoms with E-state index >= 15 is 0 Å². The smallest absolute Gasteiger partial charge is 0.256 e. The lowest BCUT2D eigenvalue weighted by Crippen LogP contribution is -2.13. The Bertz CT molecular complexity index is 1040. The van der Waals surface area contributed by atoms with E-state index < -0.39 is 0 Å². The molecule has 3 heteroatoms. The average Bonchev–Trinajstić information content (AvgIpc) is 2.69. The fourth-order valence-corrected chi connectivity index (χ4v) is 2.95. The highest BCUT2D eigenvalue weighted by molar-refractivity contribution is 6.11.